The summed E-state index contributed by atoms with van der Waals surface area (Å²) in [6.45, 7) is 10.9. The van der Waals surface area contributed by atoms with Crippen molar-refractivity contribution in [2.75, 3.05) is 32.7 Å². The van der Waals surface area contributed by atoms with E-state index < -0.39 is 0 Å². The summed E-state index contributed by atoms with van der Waals surface area (Å²) < 4.78 is 0. The van der Waals surface area contributed by atoms with Crippen molar-refractivity contribution in [1.29, 1.82) is 0 Å². The summed E-state index contributed by atoms with van der Waals surface area (Å²) in [5, 5.41) is 0. The molecule has 0 bridgehead atoms. The first kappa shape index (κ1) is 13.8. The van der Waals surface area contributed by atoms with Gasteiger partial charge in [-0.2, -0.15) is 0 Å². The molecule has 2 rings (SSSR count). The molecule has 1 saturated carbocycles. The summed E-state index contributed by atoms with van der Waals surface area (Å²) in [7, 11) is 0. The van der Waals surface area contributed by atoms with E-state index in [-0.39, 0.29) is 5.41 Å². The van der Waals surface area contributed by atoms with E-state index in [0.29, 0.717) is 24.4 Å². The van der Waals surface area contributed by atoms with E-state index >= 15 is 0 Å². The van der Waals surface area contributed by atoms with Crippen LogP contribution in [0.1, 0.15) is 33.6 Å². The minimum atomic E-state index is -0.223. The Labute approximate surface area is 110 Å². The molecular weight excluding hydrogens is 226 g/mol. The van der Waals surface area contributed by atoms with Crippen LogP contribution in [-0.4, -0.2) is 54.5 Å². The van der Waals surface area contributed by atoms with Gasteiger partial charge in [-0.25, -0.2) is 0 Å². The van der Waals surface area contributed by atoms with Crippen LogP contribution in [0.5, 0.6) is 0 Å². The molecule has 0 atom stereocenters. The highest BCUT2D eigenvalue weighted by Gasteiger charge is 2.49. The van der Waals surface area contributed by atoms with Crippen LogP contribution in [0.3, 0.4) is 0 Å². The van der Waals surface area contributed by atoms with E-state index in [0.717, 1.165) is 39.0 Å². The fourth-order valence-electron chi connectivity index (χ4n) is 3.48. The first-order valence-corrected chi connectivity index (χ1v) is 7.22. The summed E-state index contributed by atoms with van der Waals surface area (Å²) in [5.41, 5.74) is 5.63. The molecule has 4 heteroatoms. The Morgan fingerprint density at radius 2 is 1.83 bits per heavy atom. The monoisotopic (exact) mass is 253 g/mol. The van der Waals surface area contributed by atoms with Crippen molar-refractivity contribution in [3.63, 3.8) is 0 Å². The summed E-state index contributed by atoms with van der Waals surface area (Å²) in [6, 6.07) is 0.578. The number of hydrogen-bond acceptors (Lipinski definition) is 3. The summed E-state index contributed by atoms with van der Waals surface area (Å²) >= 11 is 0. The minimum absolute atomic E-state index is 0.223. The van der Waals surface area contributed by atoms with Crippen molar-refractivity contribution >= 4 is 5.91 Å². The standard InChI is InChI=1S/C14H27N3O/c1-11(2)16-4-6-17(7-5-16)13(18)14(10-15)8-12(3)9-14/h11-12H,4-10,15H2,1-3H3. The lowest BCUT2D eigenvalue weighted by Crippen LogP contribution is -2.59. The summed E-state index contributed by atoms with van der Waals surface area (Å²) in [4.78, 5) is 17.1. The average Bonchev–Trinajstić information content (AvgIpc) is 2.34. The number of carbonyl (C=O) groups is 1. The van der Waals surface area contributed by atoms with Gasteiger partial charge in [-0.3, -0.25) is 9.69 Å². The van der Waals surface area contributed by atoms with Crippen molar-refractivity contribution in [3.05, 3.63) is 0 Å². The van der Waals surface area contributed by atoms with Crippen LogP contribution in [0.2, 0.25) is 0 Å². The van der Waals surface area contributed by atoms with Gasteiger partial charge in [-0.1, -0.05) is 6.92 Å². The minimum Gasteiger partial charge on any atom is -0.340 e. The number of rotatable bonds is 3. The van der Waals surface area contributed by atoms with Crippen molar-refractivity contribution in [1.82, 2.24) is 9.80 Å². The average molecular weight is 253 g/mol. The van der Waals surface area contributed by atoms with Gasteiger partial charge in [-0.05, 0) is 32.6 Å². The fraction of sp³-hybridized carbons (Fsp3) is 0.929. The first-order valence-electron chi connectivity index (χ1n) is 7.22. The lowest BCUT2D eigenvalue weighted by Gasteiger charge is -2.48. The summed E-state index contributed by atoms with van der Waals surface area (Å²) in [6.07, 6.45) is 1.96. The maximum absolute atomic E-state index is 12.6. The van der Waals surface area contributed by atoms with Gasteiger partial charge in [0.05, 0.1) is 5.41 Å². The van der Waals surface area contributed by atoms with Crippen LogP contribution in [0.15, 0.2) is 0 Å². The van der Waals surface area contributed by atoms with Crippen LogP contribution >= 0.6 is 0 Å². The van der Waals surface area contributed by atoms with Crippen LogP contribution in [0.25, 0.3) is 0 Å². The summed E-state index contributed by atoms with van der Waals surface area (Å²) in [5.74, 6) is 0.973. The molecule has 0 aromatic rings. The third kappa shape index (κ3) is 2.41. The van der Waals surface area contributed by atoms with E-state index in [1.165, 1.54) is 0 Å². The maximum atomic E-state index is 12.6. The van der Waals surface area contributed by atoms with Crippen LogP contribution in [0.4, 0.5) is 0 Å². The molecule has 2 N–H and O–H groups in total. The smallest absolute Gasteiger partial charge is 0.230 e. The quantitative estimate of drug-likeness (QED) is 0.813. The van der Waals surface area contributed by atoms with E-state index in [4.69, 9.17) is 5.73 Å². The Morgan fingerprint density at radius 1 is 1.28 bits per heavy atom. The molecule has 18 heavy (non-hydrogen) atoms. The van der Waals surface area contributed by atoms with Crippen molar-refractivity contribution in [2.45, 2.75) is 39.7 Å². The molecule has 2 aliphatic rings. The predicted octanol–water partition coefficient (Wildman–Crippen LogP) is 0.914. The van der Waals surface area contributed by atoms with Crippen molar-refractivity contribution in [2.24, 2.45) is 17.1 Å². The number of carbonyl (C=O) groups excluding carboxylic acids is 1. The zero-order chi connectivity index (χ0) is 13.3. The molecule has 0 unspecified atom stereocenters. The molecule has 104 valence electrons. The topological polar surface area (TPSA) is 49.6 Å². The van der Waals surface area contributed by atoms with Gasteiger partial charge in [0.25, 0.3) is 0 Å². The normalized spacial score (nSPS) is 33.6. The van der Waals surface area contributed by atoms with E-state index in [1.54, 1.807) is 0 Å². The Hall–Kier alpha value is -0.610. The molecule has 2 fully saturated rings. The maximum Gasteiger partial charge on any atom is 0.230 e. The van der Waals surface area contributed by atoms with E-state index in [9.17, 15) is 4.79 Å². The lowest BCUT2D eigenvalue weighted by molar-refractivity contribution is -0.151. The predicted molar refractivity (Wildman–Crippen MR) is 73.2 cm³/mol. The SMILES string of the molecule is CC1CC(CN)(C(=O)N2CCN(C(C)C)CC2)C1. The highest BCUT2D eigenvalue weighted by molar-refractivity contribution is 5.84. The number of nitrogens with two attached hydrogens (primary N) is 1. The van der Waals surface area contributed by atoms with Crippen molar-refractivity contribution in [3.8, 4) is 0 Å². The number of nitrogens with zero attached hydrogens (tertiary/aromatic N) is 2. The Kier molecular flexibility index (Phi) is 3.97. The fourth-order valence-corrected chi connectivity index (χ4v) is 3.48. The Morgan fingerprint density at radius 3 is 2.22 bits per heavy atom. The molecule has 1 aliphatic heterocycles. The second-order valence-corrected chi connectivity index (χ2v) is 6.42. The third-order valence-electron chi connectivity index (χ3n) is 4.65. The Balaban J connectivity index is 1.91. The zero-order valence-corrected chi connectivity index (χ0v) is 12.0. The van der Waals surface area contributed by atoms with Crippen LogP contribution in [0, 0.1) is 11.3 Å². The zero-order valence-electron chi connectivity index (χ0n) is 12.0. The lowest BCUT2D eigenvalue weighted by atomic mass is 9.62. The number of amides is 1. The highest BCUT2D eigenvalue weighted by atomic mass is 16.2. The highest BCUT2D eigenvalue weighted by Crippen LogP contribution is 2.46. The molecule has 4 nitrogen and oxygen atoms in total. The molecular formula is C14H27N3O. The van der Waals surface area contributed by atoms with Gasteiger partial charge in [0.2, 0.25) is 5.91 Å². The number of hydrogen-bond donors (Lipinski definition) is 1. The number of piperazine rings is 1. The molecule has 0 aromatic heterocycles. The van der Waals surface area contributed by atoms with Gasteiger partial charge in [0.15, 0.2) is 0 Å². The molecule has 1 saturated heterocycles. The largest absolute Gasteiger partial charge is 0.340 e. The molecule has 1 amide bonds. The second kappa shape index (κ2) is 5.17. The van der Waals surface area contributed by atoms with E-state index in [2.05, 4.69) is 25.7 Å². The Bertz CT molecular complexity index is 302. The van der Waals surface area contributed by atoms with E-state index in [1.807, 2.05) is 4.90 Å². The molecule has 0 aromatic carbocycles. The molecule has 1 heterocycles. The van der Waals surface area contributed by atoms with Gasteiger partial charge < -0.3 is 10.6 Å². The molecule has 0 spiro atoms. The van der Waals surface area contributed by atoms with Gasteiger partial charge in [0, 0.05) is 38.8 Å². The second-order valence-electron chi connectivity index (χ2n) is 6.42. The molecule has 1 aliphatic carbocycles. The van der Waals surface area contributed by atoms with Gasteiger partial charge >= 0.3 is 0 Å². The van der Waals surface area contributed by atoms with Crippen LogP contribution in [-0.2, 0) is 4.79 Å². The van der Waals surface area contributed by atoms with Crippen molar-refractivity contribution < 1.29 is 4.79 Å². The van der Waals surface area contributed by atoms with Gasteiger partial charge in [0.1, 0.15) is 0 Å². The first-order chi connectivity index (χ1) is 8.48. The van der Waals surface area contributed by atoms with Gasteiger partial charge in [-0.15, -0.1) is 0 Å². The van der Waals surface area contributed by atoms with Crippen LogP contribution < -0.4 is 5.73 Å². The third-order valence-corrected chi connectivity index (χ3v) is 4.65. The molecule has 0 radical (unpaired) electrons.